The molecule has 0 aromatic carbocycles. The Kier molecular flexibility index (Phi) is 4.95. The van der Waals surface area contributed by atoms with Crippen molar-refractivity contribution in [2.24, 2.45) is 22.2 Å². The molecule has 0 radical (unpaired) electrons. The van der Waals surface area contributed by atoms with Crippen molar-refractivity contribution in [1.29, 1.82) is 0 Å². The van der Waals surface area contributed by atoms with Crippen molar-refractivity contribution in [3.63, 3.8) is 0 Å². The van der Waals surface area contributed by atoms with Gasteiger partial charge in [-0.1, -0.05) is 74.1 Å². The van der Waals surface area contributed by atoms with Gasteiger partial charge in [0.15, 0.2) is 0 Å². The molecule has 0 heterocycles. The van der Waals surface area contributed by atoms with E-state index in [4.69, 9.17) is 0 Å². The molecule has 0 aromatic rings. The van der Waals surface area contributed by atoms with Crippen molar-refractivity contribution in [2.75, 3.05) is 0 Å². The van der Waals surface area contributed by atoms with Crippen LogP contribution in [-0.4, -0.2) is 0 Å². The molecule has 1 saturated carbocycles. The zero-order chi connectivity index (χ0) is 14.0. The summed E-state index contributed by atoms with van der Waals surface area (Å²) in [5, 5.41) is 0. The van der Waals surface area contributed by atoms with Gasteiger partial charge in [-0.05, 0) is 41.4 Å². The summed E-state index contributed by atoms with van der Waals surface area (Å²) in [6.45, 7) is 17.3. The van der Waals surface area contributed by atoms with Gasteiger partial charge in [0.25, 0.3) is 0 Å². The zero-order valence-electron chi connectivity index (χ0n) is 14.0. The molecular weight excluding hydrogens is 216 g/mol. The molecule has 108 valence electrons. The maximum absolute atomic E-state index is 2.49. The molecule has 1 rings (SSSR count). The van der Waals surface area contributed by atoms with Crippen LogP contribution in [-0.2, 0) is 0 Å². The summed E-state index contributed by atoms with van der Waals surface area (Å²) in [4.78, 5) is 0. The van der Waals surface area contributed by atoms with Crippen molar-refractivity contribution < 1.29 is 0 Å². The first kappa shape index (κ1) is 16.1. The fraction of sp³-hybridized carbons (Fsp3) is 1.00. The molecule has 0 unspecified atom stereocenters. The highest BCUT2D eigenvalue weighted by Crippen LogP contribution is 2.61. The lowest BCUT2D eigenvalue weighted by Gasteiger charge is -2.59. The zero-order valence-corrected chi connectivity index (χ0v) is 14.0. The maximum atomic E-state index is 2.49. The minimum Gasteiger partial charge on any atom is -0.0654 e. The summed E-state index contributed by atoms with van der Waals surface area (Å²) in [5.74, 6) is 0.936. The maximum Gasteiger partial charge on any atom is -0.0172 e. The first-order valence-electron chi connectivity index (χ1n) is 8.17. The third-order valence-electron chi connectivity index (χ3n) is 5.62. The average Bonchev–Trinajstić information content (AvgIpc) is 2.23. The lowest BCUT2D eigenvalue weighted by atomic mass is 9.45. The second-order valence-electron chi connectivity index (χ2n) is 8.56. The molecule has 0 heteroatoms. The predicted octanol–water partition coefficient (Wildman–Crippen LogP) is 6.45. The molecule has 0 atom stereocenters. The second-order valence-corrected chi connectivity index (χ2v) is 8.56. The van der Waals surface area contributed by atoms with E-state index in [-0.39, 0.29) is 0 Å². The van der Waals surface area contributed by atoms with E-state index >= 15 is 0 Å². The lowest BCUT2D eigenvalue weighted by Crippen LogP contribution is -2.52. The predicted molar refractivity (Wildman–Crippen MR) is 82.8 cm³/mol. The number of hydrogen-bond acceptors (Lipinski definition) is 0. The van der Waals surface area contributed by atoms with E-state index in [1.807, 2.05) is 0 Å². The van der Waals surface area contributed by atoms with Crippen LogP contribution in [0.2, 0.25) is 0 Å². The molecule has 0 N–H and O–H groups in total. The summed E-state index contributed by atoms with van der Waals surface area (Å²) in [6.07, 6.45) is 10.0. The second kappa shape index (κ2) is 5.55. The summed E-state index contributed by atoms with van der Waals surface area (Å²) in [7, 11) is 0. The van der Waals surface area contributed by atoms with Crippen LogP contribution in [0.1, 0.15) is 93.4 Å². The van der Waals surface area contributed by atoms with Crippen LogP contribution in [0.5, 0.6) is 0 Å². The van der Waals surface area contributed by atoms with Crippen LogP contribution in [0.4, 0.5) is 0 Å². The summed E-state index contributed by atoms with van der Waals surface area (Å²) in [6, 6.07) is 0. The Hall–Kier alpha value is 0. The molecule has 18 heavy (non-hydrogen) atoms. The van der Waals surface area contributed by atoms with Crippen LogP contribution < -0.4 is 0 Å². The smallest absolute Gasteiger partial charge is 0.0172 e. The van der Waals surface area contributed by atoms with Crippen molar-refractivity contribution in [2.45, 2.75) is 93.4 Å². The quantitative estimate of drug-likeness (QED) is 0.542. The fourth-order valence-electron chi connectivity index (χ4n) is 5.29. The SMILES string of the molecule is CCCC(C1CCCCC1)(C(C)(C)C)C(C)(C)C. The normalized spacial score (nSPS) is 20.2. The Morgan fingerprint density at radius 1 is 0.778 bits per heavy atom. The van der Waals surface area contributed by atoms with Gasteiger partial charge in [0.05, 0.1) is 0 Å². The van der Waals surface area contributed by atoms with E-state index < -0.39 is 0 Å². The number of rotatable bonds is 3. The van der Waals surface area contributed by atoms with Gasteiger partial charge in [-0.3, -0.25) is 0 Å². The van der Waals surface area contributed by atoms with Gasteiger partial charge in [-0.15, -0.1) is 0 Å². The molecule has 0 amide bonds. The Bertz CT molecular complexity index is 228. The lowest BCUT2D eigenvalue weighted by molar-refractivity contribution is -0.104. The highest BCUT2D eigenvalue weighted by atomic mass is 14.6. The van der Waals surface area contributed by atoms with Gasteiger partial charge in [-0.2, -0.15) is 0 Å². The van der Waals surface area contributed by atoms with Crippen LogP contribution >= 0.6 is 0 Å². The van der Waals surface area contributed by atoms with Gasteiger partial charge < -0.3 is 0 Å². The van der Waals surface area contributed by atoms with Crippen LogP contribution in [0.15, 0.2) is 0 Å². The van der Waals surface area contributed by atoms with E-state index in [2.05, 4.69) is 48.5 Å². The topological polar surface area (TPSA) is 0 Å². The average molecular weight is 252 g/mol. The Labute approximate surface area is 116 Å². The highest BCUT2D eigenvalue weighted by molar-refractivity contribution is 5.02. The molecule has 0 aliphatic heterocycles. The fourth-order valence-corrected chi connectivity index (χ4v) is 5.29. The largest absolute Gasteiger partial charge is 0.0654 e. The van der Waals surface area contributed by atoms with E-state index in [0.29, 0.717) is 16.2 Å². The Morgan fingerprint density at radius 2 is 1.22 bits per heavy atom. The third-order valence-corrected chi connectivity index (χ3v) is 5.62. The first-order chi connectivity index (χ1) is 8.17. The minimum absolute atomic E-state index is 0.406. The molecule has 0 bridgehead atoms. The first-order valence-corrected chi connectivity index (χ1v) is 8.17. The summed E-state index contributed by atoms with van der Waals surface area (Å²) >= 11 is 0. The van der Waals surface area contributed by atoms with E-state index in [0.717, 1.165) is 5.92 Å². The summed E-state index contributed by atoms with van der Waals surface area (Å²) < 4.78 is 0. The van der Waals surface area contributed by atoms with Crippen LogP contribution in [0, 0.1) is 22.2 Å². The van der Waals surface area contributed by atoms with Gasteiger partial charge in [-0.25, -0.2) is 0 Å². The van der Waals surface area contributed by atoms with E-state index in [1.165, 1.54) is 44.9 Å². The summed E-state index contributed by atoms with van der Waals surface area (Å²) in [5.41, 5.74) is 1.31. The molecule has 1 aliphatic carbocycles. The van der Waals surface area contributed by atoms with E-state index in [1.54, 1.807) is 0 Å². The molecule has 0 nitrogen and oxygen atoms in total. The van der Waals surface area contributed by atoms with Crippen LogP contribution in [0.3, 0.4) is 0 Å². The van der Waals surface area contributed by atoms with E-state index in [9.17, 15) is 0 Å². The van der Waals surface area contributed by atoms with Crippen molar-refractivity contribution >= 4 is 0 Å². The van der Waals surface area contributed by atoms with Gasteiger partial charge in [0.1, 0.15) is 0 Å². The minimum atomic E-state index is 0.406. The molecule has 0 saturated heterocycles. The molecule has 1 aliphatic rings. The molecule has 0 aromatic heterocycles. The van der Waals surface area contributed by atoms with Crippen LogP contribution in [0.25, 0.3) is 0 Å². The molecule has 0 spiro atoms. The Morgan fingerprint density at radius 3 is 1.56 bits per heavy atom. The van der Waals surface area contributed by atoms with Gasteiger partial charge in [0.2, 0.25) is 0 Å². The van der Waals surface area contributed by atoms with Gasteiger partial charge >= 0.3 is 0 Å². The Balaban J connectivity index is 3.19. The standard InChI is InChI=1S/C18H36/c1-8-14-18(16(2,3)4,17(5,6)7)15-12-10-9-11-13-15/h15H,8-14H2,1-7H3. The van der Waals surface area contributed by atoms with Crippen molar-refractivity contribution in [3.05, 3.63) is 0 Å². The molecular formula is C18H36. The monoisotopic (exact) mass is 252 g/mol. The molecule has 1 fully saturated rings. The highest BCUT2D eigenvalue weighted by Gasteiger charge is 2.53. The van der Waals surface area contributed by atoms with Gasteiger partial charge in [0, 0.05) is 0 Å². The number of hydrogen-bond donors (Lipinski definition) is 0. The van der Waals surface area contributed by atoms with Crippen molar-refractivity contribution in [1.82, 2.24) is 0 Å². The van der Waals surface area contributed by atoms with Crippen molar-refractivity contribution in [3.8, 4) is 0 Å². The third kappa shape index (κ3) is 2.78.